The average Bonchev–Trinajstić information content (AvgIpc) is 3.10. The van der Waals surface area contributed by atoms with E-state index in [9.17, 15) is 4.79 Å². The van der Waals surface area contributed by atoms with Crippen LogP contribution in [0, 0.1) is 6.92 Å². The van der Waals surface area contributed by atoms with Crippen LogP contribution in [-0.2, 0) is 11.2 Å². The molecule has 0 N–H and O–H groups in total. The third-order valence-electron chi connectivity index (χ3n) is 3.18. The van der Waals surface area contributed by atoms with Gasteiger partial charge in [-0.1, -0.05) is 23.7 Å². The summed E-state index contributed by atoms with van der Waals surface area (Å²) in [6.07, 6.45) is 6.68. The van der Waals surface area contributed by atoms with Crippen LogP contribution >= 0.6 is 0 Å². The molecule has 0 aliphatic rings. The standard InChI is InChI=1S/C16H20N2O4/c1-4-6-7-14-13(11(3)21-18-14)9-8-12-10-15(22-17-12)16(19)20-5-2/h8-10H,4-7H2,1-3H3. The van der Waals surface area contributed by atoms with Crippen molar-refractivity contribution in [3.63, 3.8) is 0 Å². The van der Waals surface area contributed by atoms with Crippen LogP contribution in [0.25, 0.3) is 12.2 Å². The Morgan fingerprint density at radius 2 is 2.09 bits per heavy atom. The number of hydrogen-bond acceptors (Lipinski definition) is 6. The second kappa shape index (κ2) is 7.59. The van der Waals surface area contributed by atoms with E-state index < -0.39 is 5.97 Å². The number of carbonyl (C=O) groups is 1. The first-order chi connectivity index (χ1) is 10.7. The first-order valence-corrected chi connectivity index (χ1v) is 7.42. The van der Waals surface area contributed by atoms with E-state index in [0.717, 1.165) is 36.3 Å². The summed E-state index contributed by atoms with van der Waals surface area (Å²) in [5.74, 6) is 0.339. The summed E-state index contributed by atoms with van der Waals surface area (Å²) < 4.78 is 15.0. The topological polar surface area (TPSA) is 78.4 Å². The number of rotatable bonds is 7. The fourth-order valence-electron chi connectivity index (χ4n) is 2.00. The van der Waals surface area contributed by atoms with Gasteiger partial charge in [0, 0.05) is 11.6 Å². The fourth-order valence-corrected chi connectivity index (χ4v) is 2.00. The third-order valence-corrected chi connectivity index (χ3v) is 3.18. The monoisotopic (exact) mass is 304 g/mol. The van der Waals surface area contributed by atoms with E-state index in [-0.39, 0.29) is 5.76 Å². The molecule has 2 heterocycles. The average molecular weight is 304 g/mol. The molecule has 0 aliphatic heterocycles. The maximum absolute atomic E-state index is 11.5. The van der Waals surface area contributed by atoms with Crippen molar-refractivity contribution in [3.8, 4) is 0 Å². The third kappa shape index (κ3) is 3.84. The molecule has 0 spiro atoms. The molecule has 6 heteroatoms. The molecule has 2 aromatic heterocycles. The van der Waals surface area contributed by atoms with Gasteiger partial charge in [0.1, 0.15) is 11.5 Å². The summed E-state index contributed by atoms with van der Waals surface area (Å²) >= 11 is 0. The number of nitrogens with zero attached hydrogens (tertiary/aromatic N) is 2. The lowest BCUT2D eigenvalue weighted by atomic mass is 10.1. The van der Waals surface area contributed by atoms with Gasteiger partial charge in [-0.05, 0) is 38.8 Å². The van der Waals surface area contributed by atoms with Gasteiger partial charge in [0.05, 0.1) is 12.3 Å². The Morgan fingerprint density at radius 3 is 2.82 bits per heavy atom. The van der Waals surface area contributed by atoms with Crippen LogP contribution in [0.2, 0.25) is 0 Å². The van der Waals surface area contributed by atoms with Crippen LogP contribution in [-0.4, -0.2) is 22.9 Å². The van der Waals surface area contributed by atoms with Gasteiger partial charge in [-0.15, -0.1) is 0 Å². The van der Waals surface area contributed by atoms with E-state index in [2.05, 4.69) is 17.2 Å². The SMILES string of the molecule is CCCCc1noc(C)c1C=Cc1cc(C(=O)OCC)on1. The van der Waals surface area contributed by atoms with Crippen molar-refractivity contribution in [2.75, 3.05) is 6.61 Å². The van der Waals surface area contributed by atoms with Crippen LogP contribution < -0.4 is 0 Å². The lowest BCUT2D eigenvalue weighted by molar-refractivity contribution is 0.0479. The van der Waals surface area contributed by atoms with Crippen molar-refractivity contribution < 1.29 is 18.6 Å². The molecule has 0 radical (unpaired) electrons. The minimum absolute atomic E-state index is 0.0924. The highest BCUT2D eigenvalue weighted by Gasteiger charge is 2.13. The van der Waals surface area contributed by atoms with Gasteiger partial charge in [-0.25, -0.2) is 4.79 Å². The second-order valence-corrected chi connectivity index (χ2v) is 4.87. The summed E-state index contributed by atoms with van der Waals surface area (Å²) in [5.41, 5.74) is 2.43. The van der Waals surface area contributed by atoms with Gasteiger partial charge in [0.2, 0.25) is 5.76 Å². The molecule has 0 amide bonds. The smallest absolute Gasteiger partial charge is 0.377 e. The van der Waals surface area contributed by atoms with E-state index >= 15 is 0 Å². The number of ether oxygens (including phenoxy) is 1. The van der Waals surface area contributed by atoms with Crippen molar-refractivity contribution in [3.05, 3.63) is 34.5 Å². The van der Waals surface area contributed by atoms with Crippen molar-refractivity contribution in [1.29, 1.82) is 0 Å². The molecular weight excluding hydrogens is 284 g/mol. The van der Waals surface area contributed by atoms with Gasteiger partial charge in [-0.2, -0.15) is 0 Å². The zero-order chi connectivity index (χ0) is 15.9. The lowest BCUT2D eigenvalue weighted by Crippen LogP contribution is -2.02. The number of carbonyl (C=O) groups excluding carboxylic acids is 1. The van der Waals surface area contributed by atoms with Crippen molar-refractivity contribution in [1.82, 2.24) is 10.3 Å². The number of hydrogen-bond donors (Lipinski definition) is 0. The number of aryl methyl sites for hydroxylation is 2. The van der Waals surface area contributed by atoms with Gasteiger partial charge in [0.15, 0.2) is 0 Å². The summed E-state index contributed by atoms with van der Waals surface area (Å²) in [6.45, 7) is 6.04. The molecule has 0 bridgehead atoms. The van der Waals surface area contributed by atoms with E-state index in [1.807, 2.05) is 13.0 Å². The summed E-state index contributed by atoms with van der Waals surface area (Å²) in [5, 5.41) is 7.91. The normalized spacial score (nSPS) is 11.2. The Bertz CT molecular complexity index is 655. The molecule has 6 nitrogen and oxygen atoms in total. The minimum Gasteiger partial charge on any atom is -0.460 e. The quantitative estimate of drug-likeness (QED) is 0.726. The predicted octanol–water partition coefficient (Wildman–Crippen LogP) is 3.66. The zero-order valence-electron chi connectivity index (χ0n) is 13.1. The van der Waals surface area contributed by atoms with Gasteiger partial charge in [-0.3, -0.25) is 0 Å². The largest absolute Gasteiger partial charge is 0.460 e. The Morgan fingerprint density at radius 1 is 1.27 bits per heavy atom. The maximum atomic E-state index is 11.5. The van der Waals surface area contributed by atoms with Crippen molar-refractivity contribution in [2.24, 2.45) is 0 Å². The zero-order valence-corrected chi connectivity index (χ0v) is 13.1. The molecule has 22 heavy (non-hydrogen) atoms. The van der Waals surface area contributed by atoms with E-state index in [1.54, 1.807) is 19.1 Å². The highest BCUT2D eigenvalue weighted by Crippen LogP contribution is 2.19. The Labute approximate surface area is 129 Å². The molecule has 0 aliphatic carbocycles. The van der Waals surface area contributed by atoms with Crippen LogP contribution in [0.4, 0.5) is 0 Å². The fraction of sp³-hybridized carbons (Fsp3) is 0.438. The number of unbranched alkanes of at least 4 members (excludes halogenated alkanes) is 1. The van der Waals surface area contributed by atoms with E-state index in [1.165, 1.54) is 0 Å². The van der Waals surface area contributed by atoms with Crippen LogP contribution in [0.15, 0.2) is 15.1 Å². The van der Waals surface area contributed by atoms with Crippen LogP contribution in [0.5, 0.6) is 0 Å². The second-order valence-electron chi connectivity index (χ2n) is 4.87. The van der Waals surface area contributed by atoms with Crippen molar-refractivity contribution in [2.45, 2.75) is 40.0 Å². The molecule has 0 aromatic carbocycles. The Kier molecular flexibility index (Phi) is 5.52. The summed E-state index contributed by atoms with van der Waals surface area (Å²) in [6, 6.07) is 1.54. The van der Waals surface area contributed by atoms with Gasteiger partial charge >= 0.3 is 5.97 Å². The Hall–Kier alpha value is -2.37. The number of esters is 1. The van der Waals surface area contributed by atoms with Crippen LogP contribution in [0.1, 0.15) is 60.0 Å². The summed E-state index contributed by atoms with van der Waals surface area (Å²) in [4.78, 5) is 11.5. The molecule has 0 saturated heterocycles. The maximum Gasteiger partial charge on any atom is 0.377 e. The molecule has 118 valence electrons. The summed E-state index contributed by atoms with van der Waals surface area (Å²) in [7, 11) is 0. The lowest BCUT2D eigenvalue weighted by Gasteiger charge is -1.95. The Balaban J connectivity index is 2.12. The molecule has 0 atom stereocenters. The highest BCUT2D eigenvalue weighted by molar-refractivity contribution is 5.87. The first-order valence-electron chi connectivity index (χ1n) is 7.42. The van der Waals surface area contributed by atoms with Crippen LogP contribution in [0.3, 0.4) is 0 Å². The molecule has 0 fully saturated rings. The molecule has 2 rings (SSSR count). The van der Waals surface area contributed by atoms with Gasteiger partial charge in [0.25, 0.3) is 0 Å². The first kappa shape index (κ1) is 16.0. The minimum atomic E-state index is -0.514. The molecule has 0 unspecified atom stereocenters. The van der Waals surface area contributed by atoms with Gasteiger partial charge < -0.3 is 13.8 Å². The molecule has 2 aromatic rings. The molecular formula is C16H20N2O4. The predicted molar refractivity (Wildman–Crippen MR) is 81.2 cm³/mol. The van der Waals surface area contributed by atoms with E-state index in [4.69, 9.17) is 13.8 Å². The highest BCUT2D eigenvalue weighted by atomic mass is 16.6. The van der Waals surface area contributed by atoms with Crippen molar-refractivity contribution >= 4 is 18.1 Å². The van der Waals surface area contributed by atoms with E-state index in [0.29, 0.717) is 12.3 Å². The molecule has 0 saturated carbocycles. The number of aromatic nitrogens is 2.